The molecule has 3 fully saturated rings. The van der Waals surface area contributed by atoms with E-state index in [0.29, 0.717) is 12.1 Å². The largest absolute Gasteiger partial charge is 0.490 e. The van der Waals surface area contributed by atoms with Crippen LogP contribution in [-0.2, 0) is 13.1 Å². The average molecular weight is 369 g/mol. The first-order valence-corrected chi connectivity index (χ1v) is 10.9. The summed E-state index contributed by atoms with van der Waals surface area (Å²) in [6.07, 6.45) is 12.8. The molecule has 5 rings (SSSR count). The van der Waals surface area contributed by atoms with E-state index >= 15 is 0 Å². The molecule has 0 radical (unpaired) electrons. The van der Waals surface area contributed by atoms with Crippen LogP contribution in [0.2, 0.25) is 0 Å². The second-order valence-electron chi connectivity index (χ2n) is 8.90. The van der Waals surface area contributed by atoms with Crippen molar-refractivity contribution in [3.05, 3.63) is 30.0 Å². The molecule has 1 aliphatic heterocycles. The molecule has 0 amide bonds. The molecule has 1 aromatic carbocycles. The Morgan fingerprint density at radius 3 is 2.67 bits per heavy atom. The minimum atomic E-state index is 0.275. The van der Waals surface area contributed by atoms with E-state index < -0.39 is 0 Å². The fraction of sp³-hybridized carbons (Fsp3) is 0.652. The van der Waals surface area contributed by atoms with E-state index in [1.54, 1.807) is 0 Å². The van der Waals surface area contributed by atoms with Gasteiger partial charge in [-0.15, -0.1) is 0 Å². The Balaban J connectivity index is 1.44. The topological polar surface area (TPSA) is 37.6 Å². The summed E-state index contributed by atoms with van der Waals surface area (Å²) < 4.78 is 8.75. The fourth-order valence-corrected chi connectivity index (χ4v) is 5.01. The summed E-state index contributed by atoms with van der Waals surface area (Å²) in [4.78, 5) is 2.46. The lowest BCUT2D eigenvalue weighted by molar-refractivity contribution is 0.154. The number of benzene rings is 1. The monoisotopic (exact) mass is 368 g/mol. The molecular weight excluding hydrogens is 336 g/mol. The van der Waals surface area contributed by atoms with E-state index in [4.69, 9.17) is 4.74 Å². The van der Waals surface area contributed by atoms with Crippen LogP contribution in [0.25, 0.3) is 10.9 Å². The standard InChI is InChI=1S/C23H32N2O2/c26-16-19-4-3-11-24(19)14-18-15-25(13-17-7-8-17)23-10-9-21(12-22(18)23)27-20-5-1-2-6-20/h9-10,12,15,17,19-20,26H,1-8,11,13-14,16H2/t19-/m0/s1. The summed E-state index contributed by atoms with van der Waals surface area (Å²) in [5, 5.41) is 11.0. The lowest BCUT2D eigenvalue weighted by Gasteiger charge is -2.22. The molecule has 2 heterocycles. The molecule has 2 aromatic rings. The van der Waals surface area contributed by atoms with Crippen molar-refractivity contribution in [2.75, 3.05) is 13.2 Å². The maximum Gasteiger partial charge on any atom is 0.120 e. The molecule has 0 spiro atoms. The minimum Gasteiger partial charge on any atom is -0.490 e. The summed E-state index contributed by atoms with van der Waals surface area (Å²) in [6.45, 7) is 3.45. The molecule has 2 saturated carbocycles. The second-order valence-corrected chi connectivity index (χ2v) is 8.90. The predicted octanol–water partition coefficient (Wildman–Crippen LogP) is 4.33. The van der Waals surface area contributed by atoms with Gasteiger partial charge in [0.2, 0.25) is 0 Å². The van der Waals surface area contributed by atoms with Gasteiger partial charge in [-0.3, -0.25) is 4.90 Å². The molecule has 2 aliphatic carbocycles. The van der Waals surface area contributed by atoms with Crippen LogP contribution in [0.1, 0.15) is 56.9 Å². The number of fused-ring (bicyclic) bond motifs is 1. The molecule has 4 nitrogen and oxygen atoms in total. The maximum atomic E-state index is 9.70. The van der Waals surface area contributed by atoms with Gasteiger partial charge in [-0.25, -0.2) is 0 Å². The second kappa shape index (κ2) is 7.48. The molecule has 0 bridgehead atoms. The third-order valence-corrected chi connectivity index (χ3v) is 6.78. The van der Waals surface area contributed by atoms with Crippen molar-refractivity contribution in [3.8, 4) is 5.75 Å². The first-order valence-electron chi connectivity index (χ1n) is 10.9. The van der Waals surface area contributed by atoms with Crippen LogP contribution in [0.4, 0.5) is 0 Å². The van der Waals surface area contributed by atoms with Crippen molar-refractivity contribution in [2.24, 2.45) is 5.92 Å². The van der Waals surface area contributed by atoms with Crippen LogP contribution in [0, 0.1) is 5.92 Å². The highest BCUT2D eigenvalue weighted by Crippen LogP contribution is 2.35. The van der Waals surface area contributed by atoms with E-state index in [0.717, 1.165) is 37.7 Å². The number of likely N-dealkylation sites (tertiary alicyclic amines) is 1. The Hall–Kier alpha value is -1.52. The van der Waals surface area contributed by atoms with Gasteiger partial charge in [-0.05, 0) is 87.6 Å². The Kier molecular flexibility index (Phi) is 4.87. The number of nitrogens with zero attached hydrogens (tertiary/aromatic N) is 2. The van der Waals surface area contributed by atoms with Crippen molar-refractivity contribution in [3.63, 3.8) is 0 Å². The van der Waals surface area contributed by atoms with Gasteiger partial charge in [-0.2, -0.15) is 0 Å². The smallest absolute Gasteiger partial charge is 0.120 e. The quantitative estimate of drug-likeness (QED) is 0.790. The molecule has 146 valence electrons. The zero-order chi connectivity index (χ0) is 18.2. The number of hydrogen-bond donors (Lipinski definition) is 1. The van der Waals surface area contributed by atoms with Crippen molar-refractivity contribution in [2.45, 2.75) is 76.6 Å². The van der Waals surface area contributed by atoms with E-state index in [9.17, 15) is 5.11 Å². The molecule has 3 aliphatic rings. The molecule has 1 saturated heterocycles. The number of aromatic nitrogens is 1. The van der Waals surface area contributed by atoms with Gasteiger partial charge in [0.1, 0.15) is 5.75 Å². The lowest BCUT2D eigenvalue weighted by atomic mass is 10.1. The highest BCUT2D eigenvalue weighted by Gasteiger charge is 2.27. The van der Waals surface area contributed by atoms with Gasteiger partial charge in [0, 0.05) is 36.2 Å². The zero-order valence-corrected chi connectivity index (χ0v) is 16.3. The summed E-state index contributed by atoms with van der Waals surface area (Å²) in [5.41, 5.74) is 2.73. The molecule has 27 heavy (non-hydrogen) atoms. The Labute approximate surface area is 162 Å². The van der Waals surface area contributed by atoms with Gasteiger partial charge in [-0.1, -0.05) is 0 Å². The number of hydrogen-bond acceptors (Lipinski definition) is 3. The van der Waals surface area contributed by atoms with Crippen LogP contribution in [0.5, 0.6) is 5.75 Å². The lowest BCUT2D eigenvalue weighted by Crippen LogP contribution is -2.31. The van der Waals surface area contributed by atoms with Crippen LogP contribution in [-0.4, -0.2) is 39.9 Å². The number of aliphatic hydroxyl groups is 1. The Morgan fingerprint density at radius 2 is 1.89 bits per heavy atom. The average Bonchev–Trinajstić information content (AvgIpc) is 3.07. The fourth-order valence-electron chi connectivity index (χ4n) is 5.01. The van der Waals surface area contributed by atoms with Crippen LogP contribution >= 0.6 is 0 Å². The van der Waals surface area contributed by atoms with Crippen LogP contribution in [0.3, 0.4) is 0 Å². The minimum absolute atomic E-state index is 0.275. The van der Waals surface area contributed by atoms with Crippen LogP contribution < -0.4 is 4.74 Å². The SMILES string of the molecule is OC[C@@H]1CCCN1Cc1cn(CC2CC2)c2ccc(OC3CCCC3)cc12. The predicted molar refractivity (Wildman–Crippen MR) is 108 cm³/mol. The molecule has 4 heteroatoms. The summed E-state index contributed by atoms with van der Waals surface area (Å²) in [6, 6.07) is 7.03. The molecule has 1 atom stereocenters. The third kappa shape index (κ3) is 3.74. The molecular formula is C23H32N2O2. The first-order chi connectivity index (χ1) is 13.3. The number of ether oxygens (including phenoxy) is 1. The van der Waals surface area contributed by atoms with Gasteiger partial charge < -0.3 is 14.4 Å². The third-order valence-electron chi connectivity index (χ3n) is 6.78. The molecule has 1 N–H and O–H groups in total. The Morgan fingerprint density at radius 1 is 1.04 bits per heavy atom. The van der Waals surface area contributed by atoms with Gasteiger partial charge in [0.05, 0.1) is 12.7 Å². The van der Waals surface area contributed by atoms with E-state index in [-0.39, 0.29) is 6.61 Å². The number of rotatable bonds is 7. The van der Waals surface area contributed by atoms with E-state index in [1.807, 2.05) is 0 Å². The highest BCUT2D eigenvalue weighted by atomic mass is 16.5. The van der Waals surface area contributed by atoms with Crippen LogP contribution in [0.15, 0.2) is 24.4 Å². The highest BCUT2D eigenvalue weighted by molar-refractivity contribution is 5.85. The van der Waals surface area contributed by atoms with Crippen molar-refractivity contribution in [1.82, 2.24) is 9.47 Å². The summed E-state index contributed by atoms with van der Waals surface area (Å²) >= 11 is 0. The normalized spacial score (nSPS) is 24.3. The van der Waals surface area contributed by atoms with Gasteiger partial charge >= 0.3 is 0 Å². The zero-order valence-electron chi connectivity index (χ0n) is 16.3. The van der Waals surface area contributed by atoms with Crippen molar-refractivity contribution in [1.29, 1.82) is 0 Å². The maximum absolute atomic E-state index is 9.70. The Bertz CT molecular complexity index is 789. The summed E-state index contributed by atoms with van der Waals surface area (Å²) in [5.74, 6) is 1.89. The molecule has 0 unspecified atom stereocenters. The first kappa shape index (κ1) is 17.6. The van der Waals surface area contributed by atoms with Gasteiger partial charge in [0.25, 0.3) is 0 Å². The van der Waals surface area contributed by atoms with Gasteiger partial charge in [0.15, 0.2) is 0 Å². The van der Waals surface area contributed by atoms with Crippen molar-refractivity contribution >= 4 is 10.9 Å². The molecule has 1 aromatic heterocycles. The number of aliphatic hydroxyl groups excluding tert-OH is 1. The van der Waals surface area contributed by atoms with E-state index in [2.05, 4.69) is 33.9 Å². The summed E-state index contributed by atoms with van der Waals surface area (Å²) in [7, 11) is 0. The van der Waals surface area contributed by atoms with E-state index in [1.165, 1.54) is 61.4 Å². The van der Waals surface area contributed by atoms with Crippen molar-refractivity contribution < 1.29 is 9.84 Å².